The molecular formula is C13H14BrCl2N3. The summed E-state index contributed by atoms with van der Waals surface area (Å²) in [7, 11) is 0. The molecule has 1 N–H and O–H groups in total. The van der Waals surface area contributed by atoms with Crippen LogP contribution < -0.4 is 5.32 Å². The van der Waals surface area contributed by atoms with Crippen molar-refractivity contribution in [1.82, 2.24) is 9.78 Å². The van der Waals surface area contributed by atoms with E-state index >= 15 is 0 Å². The molecule has 0 spiro atoms. The minimum Gasteiger partial charge on any atom is -0.378 e. The number of anilines is 1. The molecule has 0 saturated carbocycles. The predicted octanol–water partition coefficient (Wildman–Crippen LogP) is 4.89. The Bertz CT molecular complexity index is 596. The largest absolute Gasteiger partial charge is 0.378 e. The molecule has 0 atom stereocenters. The highest BCUT2D eigenvalue weighted by Gasteiger charge is 2.12. The molecule has 1 aromatic heterocycles. The van der Waals surface area contributed by atoms with Gasteiger partial charge in [0.05, 0.1) is 33.1 Å². The SMILES string of the molecule is CCn1nc(C)c(Br)c1CNc1ccc(Cl)cc1Cl. The lowest BCUT2D eigenvalue weighted by Gasteiger charge is -2.10. The number of nitrogens with one attached hydrogen (secondary N) is 1. The Morgan fingerprint density at radius 2 is 2.11 bits per heavy atom. The van der Waals surface area contributed by atoms with Gasteiger partial charge in [0, 0.05) is 11.6 Å². The lowest BCUT2D eigenvalue weighted by Crippen LogP contribution is -2.08. The van der Waals surface area contributed by atoms with Gasteiger partial charge in [0.15, 0.2) is 0 Å². The van der Waals surface area contributed by atoms with Crippen molar-refractivity contribution in [2.45, 2.75) is 26.9 Å². The lowest BCUT2D eigenvalue weighted by molar-refractivity contribution is 0.622. The first kappa shape index (κ1) is 14.7. The molecule has 0 saturated heterocycles. The smallest absolute Gasteiger partial charge is 0.0739 e. The van der Waals surface area contributed by atoms with Crippen LogP contribution in [0.1, 0.15) is 18.3 Å². The van der Waals surface area contributed by atoms with E-state index in [1.165, 1.54) is 0 Å². The summed E-state index contributed by atoms with van der Waals surface area (Å²) in [6.45, 7) is 5.53. The van der Waals surface area contributed by atoms with Crippen molar-refractivity contribution in [1.29, 1.82) is 0 Å². The van der Waals surface area contributed by atoms with Crippen molar-refractivity contribution in [3.8, 4) is 0 Å². The zero-order valence-corrected chi connectivity index (χ0v) is 13.8. The van der Waals surface area contributed by atoms with Crippen LogP contribution in [0.2, 0.25) is 10.0 Å². The van der Waals surface area contributed by atoms with Crippen molar-refractivity contribution in [2.24, 2.45) is 0 Å². The Morgan fingerprint density at radius 1 is 1.37 bits per heavy atom. The molecule has 1 heterocycles. The monoisotopic (exact) mass is 361 g/mol. The van der Waals surface area contributed by atoms with Gasteiger partial charge in [0.2, 0.25) is 0 Å². The van der Waals surface area contributed by atoms with Gasteiger partial charge in [-0.05, 0) is 48.0 Å². The van der Waals surface area contributed by atoms with Crippen molar-refractivity contribution in [3.63, 3.8) is 0 Å². The molecule has 102 valence electrons. The first-order chi connectivity index (χ1) is 9.02. The summed E-state index contributed by atoms with van der Waals surface area (Å²) >= 11 is 15.6. The normalized spacial score (nSPS) is 10.8. The van der Waals surface area contributed by atoms with E-state index in [1.54, 1.807) is 6.07 Å². The molecule has 2 rings (SSSR count). The third-order valence-electron chi connectivity index (χ3n) is 2.83. The van der Waals surface area contributed by atoms with E-state index in [0.29, 0.717) is 16.6 Å². The molecule has 0 aliphatic heterocycles. The van der Waals surface area contributed by atoms with Gasteiger partial charge in [0.25, 0.3) is 0 Å². The summed E-state index contributed by atoms with van der Waals surface area (Å²) in [4.78, 5) is 0. The average Bonchev–Trinajstić information content (AvgIpc) is 2.65. The van der Waals surface area contributed by atoms with E-state index in [1.807, 2.05) is 23.7 Å². The minimum absolute atomic E-state index is 0.614. The molecule has 0 aliphatic carbocycles. The first-order valence-corrected chi connectivity index (χ1v) is 7.48. The van der Waals surface area contributed by atoms with Crippen LogP contribution in [0.15, 0.2) is 22.7 Å². The van der Waals surface area contributed by atoms with E-state index in [-0.39, 0.29) is 0 Å². The fraction of sp³-hybridized carbons (Fsp3) is 0.308. The van der Waals surface area contributed by atoms with Gasteiger partial charge in [-0.2, -0.15) is 5.10 Å². The van der Waals surface area contributed by atoms with Crippen molar-refractivity contribution in [3.05, 3.63) is 44.1 Å². The first-order valence-electron chi connectivity index (χ1n) is 5.93. The van der Waals surface area contributed by atoms with Crippen LogP contribution in [0.4, 0.5) is 5.69 Å². The van der Waals surface area contributed by atoms with Crippen LogP contribution in [-0.2, 0) is 13.1 Å². The number of hydrogen-bond acceptors (Lipinski definition) is 2. The number of aromatic nitrogens is 2. The molecule has 1 aromatic carbocycles. The van der Waals surface area contributed by atoms with Crippen LogP contribution >= 0.6 is 39.1 Å². The zero-order valence-electron chi connectivity index (χ0n) is 10.7. The van der Waals surface area contributed by atoms with Gasteiger partial charge in [-0.25, -0.2) is 0 Å². The maximum Gasteiger partial charge on any atom is 0.0739 e. The second-order valence-corrected chi connectivity index (χ2v) is 5.78. The van der Waals surface area contributed by atoms with Gasteiger partial charge in [-0.3, -0.25) is 4.68 Å². The molecule has 0 radical (unpaired) electrons. The number of benzene rings is 1. The van der Waals surface area contributed by atoms with Crippen LogP contribution in [0.5, 0.6) is 0 Å². The zero-order chi connectivity index (χ0) is 14.0. The molecule has 19 heavy (non-hydrogen) atoms. The third kappa shape index (κ3) is 3.25. The summed E-state index contributed by atoms with van der Waals surface area (Å²) in [5, 5.41) is 9.00. The average molecular weight is 363 g/mol. The quantitative estimate of drug-likeness (QED) is 0.838. The topological polar surface area (TPSA) is 29.9 Å². The fourth-order valence-corrected chi connectivity index (χ4v) is 2.75. The second-order valence-electron chi connectivity index (χ2n) is 4.14. The van der Waals surface area contributed by atoms with E-state index in [9.17, 15) is 0 Å². The van der Waals surface area contributed by atoms with Gasteiger partial charge in [0.1, 0.15) is 0 Å². The minimum atomic E-state index is 0.614. The number of rotatable bonds is 4. The van der Waals surface area contributed by atoms with Gasteiger partial charge in [-0.15, -0.1) is 0 Å². The standard InChI is InChI=1S/C13H14BrCl2N3/c1-3-19-12(13(14)8(2)18-19)7-17-11-5-4-9(15)6-10(11)16/h4-6,17H,3,7H2,1-2H3. The molecule has 0 bridgehead atoms. The van der Waals surface area contributed by atoms with Crippen molar-refractivity contribution < 1.29 is 0 Å². The number of hydrogen-bond donors (Lipinski definition) is 1. The van der Waals surface area contributed by atoms with Crippen molar-refractivity contribution in [2.75, 3.05) is 5.32 Å². The number of nitrogens with zero attached hydrogens (tertiary/aromatic N) is 2. The Hall–Kier alpha value is -0.710. The maximum absolute atomic E-state index is 6.13. The third-order valence-corrected chi connectivity index (χ3v) is 4.41. The number of halogens is 3. The van der Waals surface area contributed by atoms with Gasteiger partial charge >= 0.3 is 0 Å². The molecule has 3 nitrogen and oxygen atoms in total. The maximum atomic E-state index is 6.13. The van der Waals surface area contributed by atoms with E-state index in [4.69, 9.17) is 23.2 Å². The van der Waals surface area contributed by atoms with Gasteiger partial charge < -0.3 is 5.32 Å². The summed E-state index contributed by atoms with van der Waals surface area (Å²) in [6, 6.07) is 5.41. The Labute approximate surface area is 131 Å². The van der Waals surface area contributed by atoms with E-state index < -0.39 is 0 Å². The molecular weight excluding hydrogens is 349 g/mol. The molecule has 0 unspecified atom stereocenters. The Balaban J connectivity index is 2.18. The molecule has 0 amide bonds. The molecule has 0 fully saturated rings. The Morgan fingerprint density at radius 3 is 2.74 bits per heavy atom. The second kappa shape index (κ2) is 6.16. The summed E-state index contributed by atoms with van der Waals surface area (Å²) in [5.41, 5.74) is 2.95. The lowest BCUT2D eigenvalue weighted by atomic mass is 10.3. The summed E-state index contributed by atoms with van der Waals surface area (Å²) in [6.07, 6.45) is 0. The fourth-order valence-electron chi connectivity index (χ4n) is 1.85. The molecule has 2 aromatic rings. The van der Waals surface area contributed by atoms with Crippen LogP contribution in [0.3, 0.4) is 0 Å². The summed E-state index contributed by atoms with van der Waals surface area (Å²) in [5.74, 6) is 0. The van der Waals surface area contributed by atoms with Gasteiger partial charge in [-0.1, -0.05) is 23.2 Å². The highest BCUT2D eigenvalue weighted by atomic mass is 79.9. The highest BCUT2D eigenvalue weighted by Crippen LogP contribution is 2.27. The van der Waals surface area contributed by atoms with Crippen molar-refractivity contribution >= 4 is 44.8 Å². The summed E-state index contributed by atoms with van der Waals surface area (Å²) < 4.78 is 3.00. The molecule has 0 aliphatic rings. The van der Waals surface area contributed by atoms with E-state index in [0.717, 1.165) is 28.1 Å². The van der Waals surface area contributed by atoms with E-state index in [2.05, 4.69) is 33.3 Å². The Kier molecular flexibility index (Phi) is 4.76. The van der Waals surface area contributed by atoms with Crippen LogP contribution in [0.25, 0.3) is 0 Å². The van der Waals surface area contributed by atoms with Crippen LogP contribution in [-0.4, -0.2) is 9.78 Å². The van der Waals surface area contributed by atoms with Crippen LogP contribution in [0, 0.1) is 6.92 Å². The predicted molar refractivity (Wildman–Crippen MR) is 84.1 cm³/mol. The molecule has 6 heteroatoms. The highest BCUT2D eigenvalue weighted by molar-refractivity contribution is 9.10. The number of aryl methyl sites for hydroxylation is 2.